The minimum atomic E-state index is 0.246. The van der Waals surface area contributed by atoms with Crippen molar-refractivity contribution in [1.82, 2.24) is 0 Å². The van der Waals surface area contributed by atoms with Crippen molar-refractivity contribution in [1.29, 1.82) is 0 Å². The van der Waals surface area contributed by atoms with E-state index in [1.165, 1.54) is 103 Å². The highest BCUT2D eigenvalue weighted by Gasteiger charge is 2.38. The third-order valence-electron chi connectivity index (χ3n) is 7.37. The predicted octanol–water partition coefficient (Wildman–Crippen LogP) is 7.92. The molecule has 2 fully saturated rings. The van der Waals surface area contributed by atoms with Crippen molar-refractivity contribution in [3.8, 4) is 0 Å². The fourth-order valence-corrected chi connectivity index (χ4v) is 5.85. The molecular weight excluding hydrogens is 304 g/mol. The monoisotopic (exact) mass is 350 g/mol. The van der Waals surface area contributed by atoms with Crippen LogP contribution in [0.15, 0.2) is 0 Å². The number of rotatable bonds is 11. The van der Waals surface area contributed by atoms with Crippen molar-refractivity contribution >= 4 is 0 Å². The van der Waals surface area contributed by atoms with E-state index in [9.17, 15) is 0 Å². The molecule has 0 N–H and O–H groups in total. The molecule has 148 valence electrons. The van der Waals surface area contributed by atoms with E-state index in [0.717, 1.165) is 24.4 Å². The molecule has 0 aromatic rings. The summed E-state index contributed by atoms with van der Waals surface area (Å²) in [6.07, 6.45) is 23.0. The van der Waals surface area contributed by atoms with Crippen LogP contribution < -0.4 is 0 Å². The smallest absolute Gasteiger partial charge is 0.0682 e. The normalized spacial score (nSPS) is 33.5. The van der Waals surface area contributed by atoms with Crippen LogP contribution in [-0.2, 0) is 4.74 Å². The number of ether oxygens (including phenoxy) is 1. The molecule has 0 bridgehead atoms. The van der Waals surface area contributed by atoms with Crippen LogP contribution in [0.4, 0.5) is 0 Å². The zero-order chi connectivity index (χ0) is 18.0. The summed E-state index contributed by atoms with van der Waals surface area (Å²) in [5.41, 5.74) is 0.246. The van der Waals surface area contributed by atoms with Crippen LogP contribution in [0.2, 0.25) is 0 Å². The number of hydrogen-bond acceptors (Lipinski definition) is 1. The molecule has 1 heteroatoms. The Balaban J connectivity index is 1.65. The lowest BCUT2D eigenvalue weighted by atomic mass is 9.67. The fourth-order valence-electron chi connectivity index (χ4n) is 5.85. The average molecular weight is 351 g/mol. The lowest BCUT2D eigenvalue weighted by Gasteiger charge is -2.43. The zero-order valence-electron chi connectivity index (χ0n) is 17.7. The minimum Gasteiger partial charge on any atom is -0.375 e. The minimum absolute atomic E-state index is 0.246. The summed E-state index contributed by atoms with van der Waals surface area (Å²) in [4.78, 5) is 0. The molecule has 0 aromatic carbocycles. The van der Waals surface area contributed by atoms with Gasteiger partial charge in [-0.3, -0.25) is 0 Å². The molecule has 0 aromatic heterocycles. The first-order valence-electron chi connectivity index (χ1n) is 11.9. The third-order valence-corrected chi connectivity index (χ3v) is 7.37. The predicted molar refractivity (Wildman–Crippen MR) is 110 cm³/mol. The molecule has 2 aliphatic rings. The van der Waals surface area contributed by atoms with Crippen molar-refractivity contribution in [2.24, 2.45) is 17.8 Å². The van der Waals surface area contributed by atoms with Gasteiger partial charge in [0.15, 0.2) is 0 Å². The summed E-state index contributed by atoms with van der Waals surface area (Å²) in [6.45, 7) is 7.70. The molecule has 1 nitrogen and oxygen atoms in total. The second kappa shape index (κ2) is 11.6. The SMILES string of the molecule is CCCCCCCC1CCC([C@H]2CC[C@@](CCC)(OCC)CC2)CC1. The van der Waals surface area contributed by atoms with E-state index in [0.29, 0.717) is 0 Å². The van der Waals surface area contributed by atoms with E-state index in [2.05, 4.69) is 20.8 Å². The van der Waals surface area contributed by atoms with Gasteiger partial charge in [-0.15, -0.1) is 0 Å². The van der Waals surface area contributed by atoms with Gasteiger partial charge >= 0.3 is 0 Å². The van der Waals surface area contributed by atoms with Crippen molar-refractivity contribution < 1.29 is 4.74 Å². The quantitative estimate of drug-likeness (QED) is 0.344. The van der Waals surface area contributed by atoms with Crippen molar-refractivity contribution in [3.63, 3.8) is 0 Å². The first-order chi connectivity index (χ1) is 12.2. The van der Waals surface area contributed by atoms with E-state index >= 15 is 0 Å². The van der Waals surface area contributed by atoms with E-state index in [1.807, 2.05) is 0 Å². The zero-order valence-corrected chi connectivity index (χ0v) is 17.7. The van der Waals surface area contributed by atoms with E-state index in [1.54, 1.807) is 0 Å². The Labute approximate surface area is 158 Å². The Morgan fingerprint density at radius 1 is 0.720 bits per heavy atom. The molecule has 0 aliphatic heterocycles. The second-order valence-electron chi connectivity index (χ2n) is 9.19. The third kappa shape index (κ3) is 6.89. The first-order valence-corrected chi connectivity index (χ1v) is 11.9. The highest BCUT2D eigenvalue weighted by Crippen LogP contribution is 2.45. The van der Waals surface area contributed by atoms with Gasteiger partial charge in [0.25, 0.3) is 0 Å². The van der Waals surface area contributed by atoms with Gasteiger partial charge in [-0.2, -0.15) is 0 Å². The lowest BCUT2D eigenvalue weighted by Crippen LogP contribution is -2.39. The van der Waals surface area contributed by atoms with Crippen LogP contribution in [0, 0.1) is 17.8 Å². The van der Waals surface area contributed by atoms with Gasteiger partial charge in [0.2, 0.25) is 0 Å². The average Bonchev–Trinajstić information content (AvgIpc) is 2.63. The van der Waals surface area contributed by atoms with Crippen LogP contribution in [-0.4, -0.2) is 12.2 Å². The summed E-state index contributed by atoms with van der Waals surface area (Å²) in [7, 11) is 0. The maximum Gasteiger partial charge on any atom is 0.0682 e. The number of unbranched alkanes of at least 4 members (excludes halogenated alkanes) is 4. The van der Waals surface area contributed by atoms with Crippen LogP contribution in [0.5, 0.6) is 0 Å². The largest absolute Gasteiger partial charge is 0.375 e. The molecule has 0 heterocycles. The lowest BCUT2D eigenvalue weighted by molar-refractivity contribution is -0.0846. The standard InChI is InChI=1S/C24H46O/c1-4-7-8-9-10-11-21-12-14-22(15-13-21)23-16-19-24(18-5-2,20-17-23)25-6-3/h21-23H,4-20H2,1-3H3/t21?,22?,23-,24+. The summed E-state index contributed by atoms with van der Waals surface area (Å²) in [5.74, 6) is 3.11. The molecule has 0 unspecified atom stereocenters. The van der Waals surface area contributed by atoms with E-state index < -0.39 is 0 Å². The molecule has 2 aliphatic carbocycles. The maximum absolute atomic E-state index is 6.24. The Morgan fingerprint density at radius 3 is 1.96 bits per heavy atom. The Hall–Kier alpha value is -0.0400. The van der Waals surface area contributed by atoms with Gasteiger partial charge in [0.1, 0.15) is 0 Å². The summed E-state index contributed by atoms with van der Waals surface area (Å²) < 4.78 is 6.24. The molecule has 0 spiro atoms. The number of hydrogen-bond donors (Lipinski definition) is 0. The maximum atomic E-state index is 6.24. The van der Waals surface area contributed by atoms with Crippen LogP contribution in [0.1, 0.15) is 124 Å². The molecular formula is C24H46O. The Bertz CT molecular complexity index is 313. The topological polar surface area (TPSA) is 9.23 Å². The van der Waals surface area contributed by atoms with Gasteiger partial charge in [0, 0.05) is 6.61 Å². The Morgan fingerprint density at radius 2 is 1.36 bits per heavy atom. The van der Waals surface area contributed by atoms with Crippen molar-refractivity contribution in [2.45, 2.75) is 129 Å². The van der Waals surface area contributed by atoms with Crippen LogP contribution in [0.3, 0.4) is 0 Å². The van der Waals surface area contributed by atoms with Gasteiger partial charge in [-0.1, -0.05) is 71.6 Å². The molecule has 0 atom stereocenters. The fraction of sp³-hybridized carbons (Fsp3) is 1.00. The van der Waals surface area contributed by atoms with E-state index in [4.69, 9.17) is 4.74 Å². The second-order valence-corrected chi connectivity index (χ2v) is 9.19. The van der Waals surface area contributed by atoms with E-state index in [-0.39, 0.29) is 5.60 Å². The van der Waals surface area contributed by atoms with Gasteiger partial charge in [0.05, 0.1) is 5.60 Å². The van der Waals surface area contributed by atoms with Gasteiger partial charge < -0.3 is 4.74 Å². The van der Waals surface area contributed by atoms with Gasteiger partial charge in [-0.05, 0) is 69.6 Å². The summed E-state index contributed by atoms with van der Waals surface area (Å²) >= 11 is 0. The highest BCUT2D eigenvalue weighted by atomic mass is 16.5. The van der Waals surface area contributed by atoms with Crippen LogP contribution >= 0.6 is 0 Å². The molecule has 0 radical (unpaired) electrons. The molecule has 0 amide bonds. The highest BCUT2D eigenvalue weighted by molar-refractivity contribution is 4.90. The Kier molecular flexibility index (Phi) is 9.89. The molecule has 0 saturated heterocycles. The molecule has 2 rings (SSSR count). The molecule has 25 heavy (non-hydrogen) atoms. The summed E-state index contributed by atoms with van der Waals surface area (Å²) in [6, 6.07) is 0. The van der Waals surface area contributed by atoms with Gasteiger partial charge in [-0.25, -0.2) is 0 Å². The van der Waals surface area contributed by atoms with Crippen LogP contribution in [0.25, 0.3) is 0 Å². The van der Waals surface area contributed by atoms with Crippen molar-refractivity contribution in [3.05, 3.63) is 0 Å². The first kappa shape index (κ1) is 21.3. The van der Waals surface area contributed by atoms with Crippen molar-refractivity contribution in [2.75, 3.05) is 6.61 Å². The summed E-state index contributed by atoms with van der Waals surface area (Å²) in [5, 5.41) is 0. The molecule has 2 saturated carbocycles.